The van der Waals surface area contributed by atoms with Gasteiger partial charge in [-0.15, -0.1) is 0 Å². The third kappa shape index (κ3) is 3.94. The number of benzene rings is 1. The molecule has 9 heteroatoms. The van der Waals surface area contributed by atoms with Crippen molar-refractivity contribution in [2.75, 3.05) is 13.1 Å². The van der Waals surface area contributed by atoms with Crippen LogP contribution >= 0.6 is 0 Å². The Labute approximate surface area is 165 Å². The van der Waals surface area contributed by atoms with Gasteiger partial charge in [-0.3, -0.25) is 9.59 Å². The molecule has 2 amide bonds. The minimum atomic E-state index is -2.78. The van der Waals surface area contributed by atoms with E-state index >= 15 is 0 Å². The number of piperidine rings is 1. The van der Waals surface area contributed by atoms with E-state index in [0.717, 1.165) is 10.9 Å². The zero-order valence-electron chi connectivity index (χ0n) is 15.4. The minimum Gasteiger partial charge on any atom is -0.356 e. The summed E-state index contributed by atoms with van der Waals surface area (Å²) in [5.41, 5.74) is 0.854. The van der Waals surface area contributed by atoms with Crippen LogP contribution in [-0.4, -0.2) is 39.5 Å². The molecule has 1 unspecified atom stereocenters. The fourth-order valence-corrected chi connectivity index (χ4v) is 3.42. The normalized spacial score (nSPS) is 16.8. The summed E-state index contributed by atoms with van der Waals surface area (Å²) in [4.78, 5) is 28.6. The van der Waals surface area contributed by atoms with Gasteiger partial charge in [-0.05, 0) is 18.4 Å². The number of nitrogens with one attached hydrogen (secondary N) is 2. The molecule has 29 heavy (non-hydrogen) atoms. The van der Waals surface area contributed by atoms with Gasteiger partial charge in [0, 0.05) is 25.1 Å². The van der Waals surface area contributed by atoms with E-state index in [1.54, 1.807) is 24.3 Å². The van der Waals surface area contributed by atoms with Crippen LogP contribution in [0.4, 0.5) is 8.78 Å². The van der Waals surface area contributed by atoms with Gasteiger partial charge in [0.15, 0.2) is 5.65 Å². The van der Waals surface area contributed by atoms with Crippen molar-refractivity contribution in [2.24, 2.45) is 5.92 Å². The molecule has 0 spiro atoms. The third-order valence-electron chi connectivity index (χ3n) is 4.94. The number of carbonyl (C=O) groups is 2. The number of nitrogens with zero attached hydrogens (tertiary/aromatic N) is 3. The maximum atomic E-state index is 13.6. The quantitative estimate of drug-likeness (QED) is 0.690. The number of rotatable bonds is 5. The molecule has 0 radical (unpaired) electrons. The van der Waals surface area contributed by atoms with Crippen molar-refractivity contribution in [3.8, 4) is 11.3 Å². The van der Waals surface area contributed by atoms with E-state index in [0.29, 0.717) is 30.8 Å². The van der Waals surface area contributed by atoms with Crippen molar-refractivity contribution in [2.45, 2.75) is 19.3 Å². The number of alkyl halides is 2. The molecule has 0 saturated carbocycles. The molecule has 1 aliphatic heterocycles. The molecule has 1 atom stereocenters. The van der Waals surface area contributed by atoms with Crippen molar-refractivity contribution in [3.63, 3.8) is 0 Å². The number of carbonyl (C=O) groups excluding carboxylic acids is 2. The Kier molecular flexibility index (Phi) is 5.20. The highest BCUT2D eigenvalue weighted by Crippen LogP contribution is 2.26. The largest absolute Gasteiger partial charge is 0.356 e. The first kappa shape index (κ1) is 19.0. The van der Waals surface area contributed by atoms with E-state index in [4.69, 9.17) is 0 Å². The predicted octanol–water partition coefficient (Wildman–Crippen LogP) is 2.59. The van der Waals surface area contributed by atoms with Gasteiger partial charge in [-0.25, -0.2) is 18.3 Å². The first-order valence-corrected chi connectivity index (χ1v) is 9.30. The second kappa shape index (κ2) is 7.94. The summed E-state index contributed by atoms with van der Waals surface area (Å²) in [6.45, 7) is 0.902. The Morgan fingerprint density at radius 1 is 1.31 bits per heavy atom. The van der Waals surface area contributed by atoms with Crippen LogP contribution in [0, 0.1) is 5.92 Å². The number of halogens is 2. The summed E-state index contributed by atoms with van der Waals surface area (Å²) in [6, 6.07) is 10.2. The zero-order valence-corrected chi connectivity index (χ0v) is 15.4. The SMILES string of the molecule is O=C1CC(CNC(=O)c2cnn3c(C(F)F)cc(-c4ccccc4)nc23)CCN1. The summed E-state index contributed by atoms with van der Waals surface area (Å²) in [7, 11) is 0. The standard InChI is InChI=1S/C20H19F2N5O2/c21-18(22)16-9-15(13-4-2-1-3-5-13)26-19-14(11-25-27(16)19)20(29)24-10-12-6-7-23-17(28)8-12/h1-5,9,11-12,18H,6-8,10H2,(H,23,28)(H,24,29). The van der Waals surface area contributed by atoms with Crippen LogP contribution < -0.4 is 10.6 Å². The first-order valence-electron chi connectivity index (χ1n) is 9.30. The topological polar surface area (TPSA) is 88.4 Å². The molecule has 4 rings (SSSR count). The van der Waals surface area contributed by atoms with E-state index in [9.17, 15) is 18.4 Å². The van der Waals surface area contributed by atoms with Crippen LogP contribution in [0.25, 0.3) is 16.9 Å². The van der Waals surface area contributed by atoms with Gasteiger partial charge in [0.25, 0.3) is 12.3 Å². The van der Waals surface area contributed by atoms with Gasteiger partial charge >= 0.3 is 0 Å². The van der Waals surface area contributed by atoms with Crippen LogP contribution in [0.15, 0.2) is 42.6 Å². The van der Waals surface area contributed by atoms with Gasteiger partial charge in [0.1, 0.15) is 11.3 Å². The van der Waals surface area contributed by atoms with Crippen molar-refractivity contribution < 1.29 is 18.4 Å². The lowest BCUT2D eigenvalue weighted by molar-refractivity contribution is -0.123. The third-order valence-corrected chi connectivity index (χ3v) is 4.94. The van der Waals surface area contributed by atoms with Crippen LogP contribution in [0.5, 0.6) is 0 Å². The molecule has 1 fully saturated rings. The fraction of sp³-hybridized carbons (Fsp3) is 0.300. The average Bonchev–Trinajstić information content (AvgIpc) is 3.16. The summed E-state index contributed by atoms with van der Waals surface area (Å²) in [5.74, 6) is -0.454. The second-order valence-electron chi connectivity index (χ2n) is 6.95. The molecule has 2 aromatic heterocycles. The first-order chi connectivity index (χ1) is 14.0. The number of hydrogen-bond donors (Lipinski definition) is 2. The summed E-state index contributed by atoms with van der Waals surface area (Å²) in [5, 5.41) is 9.47. The lowest BCUT2D eigenvalue weighted by atomic mass is 9.97. The van der Waals surface area contributed by atoms with Gasteiger partial charge in [0.2, 0.25) is 5.91 Å². The Balaban J connectivity index is 1.65. The molecule has 3 aromatic rings. The van der Waals surface area contributed by atoms with Crippen LogP contribution in [0.2, 0.25) is 0 Å². The predicted molar refractivity (Wildman–Crippen MR) is 101 cm³/mol. The highest BCUT2D eigenvalue weighted by molar-refractivity contribution is 6.00. The molecule has 7 nitrogen and oxygen atoms in total. The molecule has 2 N–H and O–H groups in total. The van der Waals surface area contributed by atoms with E-state index in [2.05, 4.69) is 20.7 Å². The van der Waals surface area contributed by atoms with Crippen LogP contribution in [0.1, 0.15) is 35.3 Å². The summed E-state index contributed by atoms with van der Waals surface area (Å²) >= 11 is 0. The lowest BCUT2D eigenvalue weighted by Gasteiger charge is -2.22. The lowest BCUT2D eigenvalue weighted by Crippen LogP contribution is -2.39. The molecule has 0 bridgehead atoms. The van der Waals surface area contributed by atoms with Gasteiger partial charge < -0.3 is 10.6 Å². The number of fused-ring (bicyclic) bond motifs is 1. The van der Waals surface area contributed by atoms with E-state index in [1.807, 2.05) is 6.07 Å². The number of amides is 2. The Hall–Kier alpha value is -3.36. The minimum absolute atomic E-state index is 0.0396. The Morgan fingerprint density at radius 3 is 2.83 bits per heavy atom. The molecule has 1 saturated heterocycles. The smallest absolute Gasteiger partial charge is 0.280 e. The average molecular weight is 399 g/mol. The van der Waals surface area contributed by atoms with E-state index in [1.165, 1.54) is 12.3 Å². The highest BCUT2D eigenvalue weighted by atomic mass is 19.3. The van der Waals surface area contributed by atoms with Gasteiger partial charge in [-0.1, -0.05) is 30.3 Å². The fourth-order valence-electron chi connectivity index (χ4n) is 3.42. The summed E-state index contributed by atoms with van der Waals surface area (Å²) in [6.07, 6.45) is -0.418. The van der Waals surface area contributed by atoms with Crippen molar-refractivity contribution in [1.82, 2.24) is 25.2 Å². The van der Waals surface area contributed by atoms with Crippen molar-refractivity contribution >= 4 is 17.5 Å². The summed E-state index contributed by atoms with van der Waals surface area (Å²) < 4.78 is 28.2. The monoisotopic (exact) mass is 399 g/mol. The Bertz CT molecular complexity index is 1050. The second-order valence-corrected chi connectivity index (χ2v) is 6.95. The Morgan fingerprint density at radius 2 is 2.10 bits per heavy atom. The highest BCUT2D eigenvalue weighted by Gasteiger charge is 2.23. The molecular weight excluding hydrogens is 380 g/mol. The maximum Gasteiger partial charge on any atom is 0.280 e. The van der Waals surface area contributed by atoms with Gasteiger partial charge in [-0.2, -0.15) is 5.10 Å². The van der Waals surface area contributed by atoms with Gasteiger partial charge in [0.05, 0.1) is 11.9 Å². The molecular formula is C20H19F2N5O2. The molecule has 1 aromatic carbocycles. The maximum absolute atomic E-state index is 13.6. The number of hydrogen-bond acceptors (Lipinski definition) is 4. The van der Waals surface area contributed by atoms with Crippen molar-refractivity contribution in [1.29, 1.82) is 0 Å². The molecule has 150 valence electrons. The molecule has 0 aliphatic carbocycles. The molecule has 1 aliphatic rings. The zero-order chi connectivity index (χ0) is 20.4. The van der Waals surface area contributed by atoms with E-state index < -0.39 is 12.3 Å². The van der Waals surface area contributed by atoms with Crippen LogP contribution in [0.3, 0.4) is 0 Å². The van der Waals surface area contributed by atoms with E-state index in [-0.39, 0.29) is 28.7 Å². The molecule has 3 heterocycles. The number of aromatic nitrogens is 3. The van der Waals surface area contributed by atoms with Crippen molar-refractivity contribution in [3.05, 3.63) is 53.9 Å². The van der Waals surface area contributed by atoms with Crippen LogP contribution in [-0.2, 0) is 4.79 Å².